The molecule has 0 amide bonds. The Labute approximate surface area is 143 Å². The third-order valence-corrected chi connectivity index (χ3v) is 5.01. The number of piperazine rings is 1. The van der Waals surface area contributed by atoms with Gasteiger partial charge in [-0.2, -0.15) is 0 Å². The number of anilines is 1. The van der Waals surface area contributed by atoms with Gasteiger partial charge in [0.1, 0.15) is 0 Å². The molecule has 5 heteroatoms. The summed E-state index contributed by atoms with van der Waals surface area (Å²) in [5.41, 5.74) is 2.85. The van der Waals surface area contributed by atoms with Crippen LogP contribution in [0.3, 0.4) is 0 Å². The first-order valence-corrected chi connectivity index (χ1v) is 8.84. The minimum absolute atomic E-state index is 0.255. The molecule has 0 aliphatic carbocycles. The second-order valence-electron chi connectivity index (χ2n) is 6.47. The van der Waals surface area contributed by atoms with Gasteiger partial charge in [-0.25, -0.2) is 9.97 Å². The predicted octanol–water partition coefficient (Wildman–Crippen LogP) is 2.30. The smallest absolute Gasteiger partial charge is 0.225 e. The fraction of sp³-hybridized carbons (Fsp3) is 0.474. The highest BCUT2D eigenvalue weighted by molar-refractivity contribution is 5.31. The normalized spacial score (nSPS) is 21.5. The lowest BCUT2D eigenvalue weighted by Gasteiger charge is -2.35. The van der Waals surface area contributed by atoms with Gasteiger partial charge in [0, 0.05) is 45.1 Å². The van der Waals surface area contributed by atoms with E-state index in [0.29, 0.717) is 0 Å². The average Bonchev–Trinajstić information content (AvgIpc) is 2.67. The van der Waals surface area contributed by atoms with Crippen LogP contribution in [0.5, 0.6) is 0 Å². The lowest BCUT2D eigenvalue weighted by Crippen LogP contribution is -2.47. The van der Waals surface area contributed by atoms with Crippen LogP contribution in [0.1, 0.15) is 23.7 Å². The summed E-state index contributed by atoms with van der Waals surface area (Å²) < 4.78 is 6.03. The van der Waals surface area contributed by atoms with Gasteiger partial charge in [0.2, 0.25) is 5.95 Å². The van der Waals surface area contributed by atoms with E-state index in [-0.39, 0.29) is 6.10 Å². The number of rotatable bonds is 4. The summed E-state index contributed by atoms with van der Waals surface area (Å²) in [6.45, 7) is 6.04. The van der Waals surface area contributed by atoms with Gasteiger partial charge in [-0.1, -0.05) is 24.3 Å². The molecule has 2 aliphatic heterocycles. The third kappa shape index (κ3) is 3.42. The molecular formula is C19H24N4O. The Morgan fingerprint density at radius 2 is 1.79 bits per heavy atom. The number of benzene rings is 1. The number of nitrogens with zero attached hydrogens (tertiary/aromatic N) is 4. The molecule has 0 saturated carbocycles. The van der Waals surface area contributed by atoms with Crippen molar-refractivity contribution in [1.29, 1.82) is 0 Å². The van der Waals surface area contributed by atoms with Crippen molar-refractivity contribution in [3.63, 3.8) is 0 Å². The molecule has 1 aromatic heterocycles. The minimum Gasteiger partial charge on any atom is -0.373 e. The van der Waals surface area contributed by atoms with Crippen LogP contribution in [0.2, 0.25) is 0 Å². The van der Waals surface area contributed by atoms with Crippen LogP contribution in [0, 0.1) is 0 Å². The first-order valence-electron chi connectivity index (χ1n) is 8.84. The molecule has 0 radical (unpaired) electrons. The molecule has 5 nitrogen and oxygen atoms in total. The van der Waals surface area contributed by atoms with Crippen LogP contribution >= 0.6 is 0 Å². The summed E-state index contributed by atoms with van der Waals surface area (Å²) in [5.74, 6) is 0.849. The summed E-state index contributed by atoms with van der Waals surface area (Å²) in [7, 11) is 0. The SMILES string of the molecule is c1cnc(N2CCN(CCC3OCCc4ccccc43)CC2)nc1. The van der Waals surface area contributed by atoms with Crippen LogP contribution < -0.4 is 4.90 Å². The Balaban J connectivity index is 1.29. The van der Waals surface area contributed by atoms with Gasteiger partial charge < -0.3 is 9.64 Å². The molecule has 2 aliphatic rings. The van der Waals surface area contributed by atoms with Crippen LogP contribution in [0.4, 0.5) is 5.95 Å². The maximum Gasteiger partial charge on any atom is 0.225 e. The molecule has 24 heavy (non-hydrogen) atoms. The Kier molecular flexibility index (Phi) is 4.71. The number of ether oxygens (including phenoxy) is 1. The van der Waals surface area contributed by atoms with E-state index in [9.17, 15) is 0 Å². The van der Waals surface area contributed by atoms with Crippen molar-refractivity contribution >= 4 is 5.95 Å². The number of fused-ring (bicyclic) bond motifs is 1. The predicted molar refractivity (Wildman–Crippen MR) is 94.1 cm³/mol. The third-order valence-electron chi connectivity index (χ3n) is 5.01. The largest absolute Gasteiger partial charge is 0.373 e. The van der Waals surface area contributed by atoms with Gasteiger partial charge in [0.05, 0.1) is 12.7 Å². The molecule has 0 spiro atoms. The van der Waals surface area contributed by atoms with E-state index >= 15 is 0 Å². The standard InChI is InChI=1S/C19H24N4O/c1-2-5-17-16(4-1)7-15-24-18(17)6-10-22-11-13-23(14-12-22)19-20-8-3-9-21-19/h1-5,8-9,18H,6-7,10-15H2. The summed E-state index contributed by atoms with van der Waals surface area (Å²) in [5, 5.41) is 0. The lowest BCUT2D eigenvalue weighted by molar-refractivity contribution is 0.0289. The maximum absolute atomic E-state index is 6.03. The van der Waals surface area contributed by atoms with Crippen molar-refractivity contribution in [2.24, 2.45) is 0 Å². The zero-order valence-corrected chi connectivity index (χ0v) is 14.0. The Morgan fingerprint density at radius 1 is 1.00 bits per heavy atom. The summed E-state index contributed by atoms with van der Waals surface area (Å²) >= 11 is 0. The molecule has 4 rings (SSSR count). The highest BCUT2D eigenvalue weighted by atomic mass is 16.5. The quantitative estimate of drug-likeness (QED) is 0.863. The molecule has 3 heterocycles. The van der Waals surface area contributed by atoms with E-state index in [0.717, 1.165) is 58.1 Å². The van der Waals surface area contributed by atoms with E-state index < -0.39 is 0 Å². The number of hydrogen-bond donors (Lipinski definition) is 0. The number of aromatic nitrogens is 2. The maximum atomic E-state index is 6.03. The van der Waals surface area contributed by atoms with Gasteiger partial charge in [-0.3, -0.25) is 4.90 Å². The van der Waals surface area contributed by atoms with Crippen molar-refractivity contribution in [1.82, 2.24) is 14.9 Å². The first kappa shape index (κ1) is 15.5. The summed E-state index contributed by atoms with van der Waals surface area (Å²) in [6, 6.07) is 10.6. The van der Waals surface area contributed by atoms with E-state index in [2.05, 4.69) is 44.0 Å². The van der Waals surface area contributed by atoms with E-state index in [1.807, 2.05) is 18.5 Å². The van der Waals surface area contributed by atoms with Crippen LogP contribution in [0.15, 0.2) is 42.7 Å². The van der Waals surface area contributed by atoms with Gasteiger partial charge in [-0.05, 0) is 30.0 Å². The zero-order chi connectivity index (χ0) is 16.2. The zero-order valence-electron chi connectivity index (χ0n) is 14.0. The fourth-order valence-electron chi connectivity index (χ4n) is 3.64. The molecule has 1 unspecified atom stereocenters. The molecule has 2 aromatic rings. The van der Waals surface area contributed by atoms with Gasteiger partial charge in [-0.15, -0.1) is 0 Å². The second-order valence-corrected chi connectivity index (χ2v) is 6.47. The molecule has 1 aromatic carbocycles. The molecule has 1 saturated heterocycles. The molecular weight excluding hydrogens is 300 g/mol. The highest BCUT2D eigenvalue weighted by Crippen LogP contribution is 2.29. The van der Waals surface area contributed by atoms with Crippen LogP contribution in [0.25, 0.3) is 0 Å². The van der Waals surface area contributed by atoms with Crippen molar-refractivity contribution in [2.75, 3.05) is 44.2 Å². The van der Waals surface area contributed by atoms with Gasteiger partial charge in [0.15, 0.2) is 0 Å². The Morgan fingerprint density at radius 3 is 2.62 bits per heavy atom. The monoisotopic (exact) mass is 324 g/mol. The van der Waals surface area contributed by atoms with E-state index in [1.165, 1.54) is 11.1 Å². The molecule has 0 bridgehead atoms. The average molecular weight is 324 g/mol. The van der Waals surface area contributed by atoms with Gasteiger partial charge in [0.25, 0.3) is 0 Å². The number of hydrogen-bond acceptors (Lipinski definition) is 5. The van der Waals surface area contributed by atoms with Crippen LogP contribution in [-0.2, 0) is 11.2 Å². The molecule has 126 valence electrons. The van der Waals surface area contributed by atoms with Gasteiger partial charge >= 0.3 is 0 Å². The molecule has 1 atom stereocenters. The first-order chi connectivity index (χ1) is 11.9. The van der Waals surface area contributed by atoms with E-state index in [1.54, 1.807) is 0 Å². The van der Waals surface area contributed by atoms with Crippen molar-refractivity contribution < 1.29 is 4.74 Å². The highest BCUT2D eigenvalue weighted by Gasteiger charge is 2.23. The summed E-state index contributed by atoms with van der Waals surface area (Å²) in [4.78, 5) is 13.5. The Bertz CT molecular complexity index is 655. The molecule has 0 N–H and O–H groups in total. The van der Waals surface area contributed by atoms with E-state index in [4.69, 9.17) is 4.74 Å². The second kappa shape index (κ2) is 7.28. The Hall–Kier alpha value is -1.98. The molecule has 1 fully saturated rings. The lowest BCUT2D eigenvalue weighted by atomic mass is 9.95. The summed E-state index contributed by atoms with van der Waals surface area (Å²) in [6.07, 6.45) is 5.99. The fourth-order valence-corrected chi connectivity index (χ4v) is 3.64. The minimum atomic E-state index is 0.255. The van der Waals surface area contributed by atoms with Crippen molar-refractivity contribution in [3.8, 4) is 0 Å². The van der Waals surface area contributed by atoms with Crippen LogP contribution in [-0.4, -0.2) is 54.2 Å². The van der Waals surface area contributed by atoms with Crippen molar-refractivity contribution in [3.05, 3.63) is 53.9 Å². The van der Waals surface area contributed by atoms with Crippen molar-refractivity contribution in [2.45, 2.75) is 18.9 Å². The topological polar surface area (TPSA) is 41.5 Å².